The second kappa shape index (κ2) is 5.43. The second-order valence-corrected chi connectivity index (χ2v) is 3.29. The van der Waals surface area contributed by atoms with E-state index < -0.39 is 0 Å². The molecule has 0 fully saturated rings. The average molecular weight is 192 g/mol. The van der Waals surface area contributed by atoms with Crippen LogP contribution < -0.4 is 0 Å². The van der Waals surface area contributed by atoms with Crippen LogP contribution in [-0.2, 0) is 16.0 Å². The maximum atomic E-state index is 11.1. The van der Waals surface area contributed by atoms with Crippen LogP contribution in [0, 0.1) is 6.92 Å². The number of ether oxygens (including phenoxy) is 1. The third kappa shape index (κ3) is 3.60. The summed E-state index contributed by atoms with van der Waals surface area (Å²) in [7, 11) is 0. The predicted molar refractivity (Wildman–Crippen MR) is 56.1 cm³/mol. The summed E-state index contributed by atoms with van der Waals surface area (Å²) in [5.41, 5.74) is 2.42. The Bertz CT molecular complexity index is 305. The predicted octanol–water partition coefficient (Wildman–Crippen LogP) is 2.49. The third-order valence-electron chi connectivity index (χ3n) is 2.01. The zero-order valence-corrected chi connectivity index (χ0v) is 8.75. The minimum absolute atomic E-state index is 0.117. The Morgan fingerprint density at radius 1 is 1.43 bits per heavy atom. The molecule has 0 radical (unpaired) electrons. The summed E-state index contributed by atoms with van der Waals surface area (Å²) >= 11 is 0. The van der Waals surface area contributed by atoms with E-state index in [1.165, 1.54) is 11.1 Å². The van der Waals surface area contributed by atoms with Crippen LogP contribution in [0.15, 0.2) is 24.3 Å². The van der Waals surface area contributed by atoms with Crippen LogP contribution in [-0.4, -0.2) is 12.6 Å². The molecule has 0 saturated heterocycles. The number of rotatable bonds is 4. The van der Waals surface area contributed by atoms with Crippen LogP contribution in [0.1, 0.15) is 24.5 Å². The van der Waals surface area contributed by atoms with Crippen molar-refractivity contribution >= 4 is 5.97 Å². The highest BCUT2D eigenvalue weighted by atomic mass is 16.5. The lowest BCUT2D eigenvalue weighted by Crippen LogP contribution is -2.05. The van der Waals surface area contributed by atoms with E-state index in [2.05, 4.69) is 6.07 Å². The molecule has 0 bridgehead atoms. The van der Waals surface area contributed by atoms with Gasteiger partial charge >= 0.3 is 5.97 Å². The van der Waals surface area contributed by atoms with Crippen molar-refractivity contribution < 1.29 is 9.53 Å². The van der Waals surface area contributed by atoms with E-state index in [0.29, 0.717) is 13.0 Å². The van der Waals surface area contributed by atoms with Gasteiger partial charge in [-0.3, -0.25) is 4.79 Å². The summed E-state index contributed by atoms with van der Waals surface area (Å²) in [6.45, 7) is 4.34. The van der Waals surface area contributed by atoms with Crippen LogP contribution >= 0.6 is 0 Å². The van der Waals surface area contributed by atoms with Crippen molar-refractivity contribution in [2.24, 2.45) is 0 Å². The maximum absolute atomic E-state index is 11.1. The second-order valence-electron chi connectivity index (χ2n) is 3.29. The minimum atomic E-state index is -0.117. The minimum Gasteiger partial charge on any atom is -0.466 e. The van der Waals surface area contributed by atoms with Crippen molar-refractivity contribution in [3.8, 4) is 0 Å². The Morgan fingerprint density at radius 3 is 2.86 bits per heavy atom. The van der Waals surface area contributed by atoms with Gasteiger partial charge in [-0.1, -0.05) is 29.8 Å². The molecule has 0 heterocycles. The highest BCUT2D eigenvalue weighted by Crippen LogP contribution is 2.06. The van der Waals surface area contributed by atoms with Gasteiger partial charge < -0.3 is 4.74 Å². The van der Waals surface area contributed by atoms with E-state index in [9.17, 15) is 4.79 Å². The molecule has 0 amide bonds. The number of esters is 1. The topological polar surface area (TPSA) is 26.3 Å². The van der Waals surface area contributed by atoms with E-state index in [1.54, 1.807) is 0 Å². The van der Waals surface area contributed by atoms with Gasteiger partial charge in [0.25, 0.3) is 0 Å². The molecule has 0 unspecified atom stereocenters. The molecular weight excluding hydrogens is 176 g/mol. The normalized spacial score (nSPS) is 9.86. The van der Waals surface area contributed by atoms with Crippen molar-refractivity contribution in [2.45, 2.75) is 26.7 Å². The van der Waals surface area contributed by atoms with Gasteiger partial charge in [0, 0.05) is 6.42 Å². The first kappa shape index (κ1) is 10.8. The maximum Gasteiger partial charge on any atom is 0.306 e. The standard InChI is InChI=1S/C12H16O2/c1-3-14-12(13)8-7-11-6-4-5-10(2)9-11/h4-6,9H,3,7-8H2,1-2H3. The van der Waals surface area contributed by atoms with Crippen LogP contribution in [0.5, 0.6) is 0 Å². The van der Waals surface area contributed by atoms with E-state index in [0.717, 1.165) is 6.42 Å². The number of benzene rings is 1. The van der Waals surface area contributed by atoms with Gasteiger partial charge in [0.2, 0.25) is 0 Å². The molecule has 0 spiro atoms. The smallest absolute Gasteiger partial charge is 0.306 e. The molecule has 0 aromatic heterocycles. The number of aryl methyl sites for hydroxylation is 2. The van der Waals surface area contributed by atoms with Crippen LogP contribution in [0.3, 0.4) is 0 Å². The van der Waals surface area contributed by atoms with Crippen LogP contribution in [0.2, 0.25) is 0 Å². The Morgan fingerprint density at radius 2 is 2.21 bits per heavy atom. The lowest BCUT2D eigenvalue weighted by molar-refractivity contribution is -0.143. The Balaban J connectivity index is 2.41. The molecule has 2 heteroatoms. The SMILES string of the molecule is CCOC(=O)CCc1cccc(C)c1. The summed E-state index contributed by atoms with van der Waals surface area (Å²) in [4.78, 5) is 11.1. The molecule has 0 N–H and O–H groups in total. The molecular formula is C12H16O2. The third-order valence-corrected chi connectivity index (χ3v) is 2.01. The summed E-state index contributed by atoms with van der Waals surface area (Å²) in [6, 6.07) is 8.19. The van der Waals surface area contributed by atoms with E-state index >= 15 is 0 Å². The molecule has 0 aliphatic heterocycles. The fraction of sp³-hybridized carbons (Fsp3) is 0.417. The first-order valence-electron chi connectivity index (χ1n) is 4.93. The van der Waals surface area contributed by atoms with E-state index in [1.807, 2.05) is 32.0 Å². The summed E-state index contributed by atoms with van der Waals surface area (Å²) in [5.74, 6) is -0.117. The van der Waals surface area contributed by atoms with Gasteiger partial charge in [-0.05, 0) is 25.8 Å². The Kier molecular flexibility index (Phi) is 4.17. The van der Waals surface area contributed by atoms with Gasteiger partial charge in [0.15, 0.2) is 0 Å². The monoisotopic (exact) mass is 192 g/mol. The number of hydrogen-bond acceptors (Lipinski definition) is 2. The van der Waals surface area contributed by atoms with E-state index in [4.69, 9.17) is 4.74 Å². The van der Waals surface area contributed by atoms with Crippen molar-refractivity contribution in [1.29, 1.82) is 0 Å². The summed E-state index contributed by atoms with van der Waals surface area (Å²) in [6.07, 6.45) is 1.23. The Labute approximate surface area is 84.9 Å². The molecule has 14 heavy (non-hydrogen) atoms. The first-order chi connectivity index (χ1) is 6.72. The molecule has 0 saturated carbocycles. The average Bonchev–Trinajstić information content (AvgIpc) is 2.15. The van der Waals surface area contributed by atoms with Crippen molar-refractivity contribution in [2.75, 3.05) is 6.61 Å². The molecule has 0 aliphatic rings. The molecule has 1 aromatic rings. The molecule has 1 rings (SSSR count). The zero-order valence-electron chi connectivity index (χ0n) is 8.75. The van der Waals surface area contributed by atoms with E-state index in [-0.39, 0.29) is 5.97 Å². The van der Waals surface area contributed by atoms with Gasteiger partial charge in [-0.2, -0.15) is 0 Å². The van der Waals surface area contributed by atoms with Crippen molar-refractivity contribution in [3.63, 3.8) is 0 Å². The lowest BCUT2D eigenvalue weighted by Gasteiger charge is -2.02. The summed E-state index contributed by atoms with van der Waals surface area (Å²) in [5, 5.41) is 0. The van der Waals surface area contributed by atoms with Crippen molar-refractivity contribution in [1.82, 2.24) is 0 Å². The number of hydrogen-bond donors (Lipinski definition) is 0. The Hall–Kier alpha value is -1.31. The van der Waals surface area contributed by atoms with Gasteiger partial charge in [0.1, 0.15) is 0 Å². The molecule has 0 aliphatic carbocycles. The zero-order chi connectivity index (χ0) is 10.4. The molecule has 76 valence electrons. The molecule has 2 nitrogen and oxygen atoms in total. The first-order valence-corrected chi connectivity index (χ1v) is 4.93. The van der Waals surface area contributed by atoms with Crippen LogP contribution in [0.25, 0.3) is 0 Å². The lowest BCUT2D eigenvalue weighted by atomic mass is 10.1. The highest BCUT2D eigenvalue weighted by molar-refractivity contribution is 5.69. The van der Waals surface area contributed by atoms with Gasteiger partial charge in [0.05, 0.1) is 6.61 Å². The van der Waals surface area contributed by atoms with Crippen molar-refractivity contribution in [3.05, 3.63) is 35.4 Å². The fourth-order valence-corrected chi connectivity index (χ4v) is 1.35. The quantitative estimate of drug-likeness (QED) is 0.685. The van der Waals surface area contributed by atoms with Gasteiger partial charge in [-0.25, -0.2) is 0 Å². The largest absolute Gasteiger partial charge is 0.466 e. The molecule has 1 aromatic carbocycles. The summed E-state index contributed by atoms with van der Waals surface area (Å²) < 4.78 is 4.85. The van der Waals surface area contributed by atoms with Crippen LogP contribution in [0.4, 0.5) is 0 Å². The fourth-order valence-electron chi connectivity index (χ4n) is 1.35. The number of carbonyl (C=O) groups excluding carboxylic acids is 1. The van der Waals surface area contributed by atoms with Gasteiger partial charge in [-0.15, -0.1) is 0 Å². The number of carbonyl (C=O) groups is 1. The molecule has 0 atom stereocenters. The highest BCUT2D eigenvalue weighted by Gasteiger charge is 2.01.